The van der Waals surface area contributed by atoms with E-state index < -0.39 is 10.0 Å². The molecule has 8 heteroatoms. The van der Waals surface area contributed by atoms with Crippen LogP contribution >= 0.6 is 0 Å². The standard InChI is InChI=1S/C23H31N3O4S/c1-4-22(19-9-11-21(30-3)12-10-19)24-23(27)20-7-5-18(6-8-20)17-31(28,29)26-15-13-25(2)14-16-26/h5-12,22H,4,13-17H2,1-3H3,(H,24,27)/t22-/m1/s1. The number of hydrogen-bond acceptors (Lipinski definition) is 5. The minimum absolute atomic E-state index is 0.0535. The number of ether oxygens (including phenoxy) is 1. The summed E-state index contributed by atoms with van der Waals surface area (Å²) in [5.74, 6) is 0.533. The quantitative estimate of drug-likeness (QED) is 0.676. The van der Waals surface area contributed by atoms with E-state index in [0.717, 1.165) is 30.8 Å². The summed E-state index contributed by atoms with van der Waals surface area (Å²) in [4.78, 5) is 14.8. The van der Waals surface area contributed by atoms with Crippen molar-refractivity contribution in [2.24, 2.45) is 0 Å². The van der Waals surface area contributed by atoms with E-state index in [-0.39, 0.29) is 17.7 Å². The Bertz CT molecular complexity index is 967. The Morgan fingerprint density at radius 3 is 2.19 bits per heavy atom. The van der Waals surface area contributed by atoms with Crippen LogP contribution in [0.5, 0.6) is 5.75 Å². The molecule has 1 fully saturated rings. The number of nitrogens with zero attached hydrogens (tertiary/aromatic N) is 2. The molecule has 1 amide bonds. The van der Waals surface area contributed by atoms with Crippen LogP contribution in [0, 0.1) is 0 Å². The molecule has 3 rings (SSSR count). The van der Waals surface area contributed by atoms with Crippen molar-refractivity contribution in [2.75, 3.05) is 40.3 Å². The van der Waals surface area contributed by atoms with E-state index in [9.17, 15) is 13.2 Å². The largest absolute Gasteiger partial charge is 0.497 e. The second-order valence-electron chi connectivity index (χ2n) is 7.86. The third kappa shape index (κ3) is 6.06. The van der Waals surface area contributed by atoms with Gasteiger partial charge >= 0.3 is 0 Å². The zero-order valence-corrected chi connectivity index (χ0v) is 19.2. The summed E-state index contributed by atoms with van der Waals surface area (Å²) >= 11 is 0. The molecule has 0 unspecified atom stereocenters. The van der Waals surface area contributed by atoms with E-state index in [4.69, 9.17) is 4.74 Å². The van der Waals surface area contributed by atoms with Crippen molar-refractivity contribution in [1.29, 1.82) is 0 Å². The zero-order chi connectivity index (χ0) is 22.4. The molecule has 0 aliphatic carbocycles. The van der Waals surface area contributed by atoms with Gasteiger partial charge < -0.3 is 15.0 Å². The molecule has 2 aromatic carbocycles. The van der Waals surface area contributed by atoms with Gasteiger partial charge in [-0.1, -0.05) is 31.2 Å². The summed E-state index contributed by atoms with van der Waals surface area (Å²) in [6.45, 7) is 4.53. The Labute approximate surface area is 185 Å². The minimum atomic E-state index is -3.36. The average molecular weight is 446 g/mol. The first-order valence-corrected chi connectivity index (χ1v) is 12.1. The fourth-order valence-electron chi connectivity index (χ4n) is 3.62. The molecular weight excluding hydrogens is 414 g/mol. The Morgan fingerprint density at radius 2 is 1.65 bits per heavy atom. The number of sulfonamides is 1. The highest BCUT2D eigenvalue weighted by atomic mass is 32.2. The van der Waals surface area contributed by atoms with E-state index in [2.05, 4.69) is 10.2 Å². The number of rotatable bonds is 8. The third-order valence-corrected chi connectivity index (χ3v) is 7.50. The van der Waals surface area contributed by atoms with Crippen molar-refractivity contribution in [1.82, 2.24) is 14.5 Å². The first-order chi connectivity index (χ1) is 14.8. The highest BCUT2D eigenvalue weighted by molar-refractivity contribution is 7.88. The summed E-state index contributed by atoms with van der Waals surface area (Å²) in [7, 11) is 0.249. The zero-order valence-electron chi connectivity index (χ0n) is 18.4. The molecule has 31 heavy (non-hydrogen) atoms. The second-order valence-corrected chi connectivity index (χ2v) is 9.83. The van der Waals surface area contributed by atoms with E-state index in [1.807, 2.05) is 38.2 Å². The molecule has 0 radical (unpaired) electrons. The van der Waals surface area contributed by atoms with Gasteiger partial charge in [0.15, 0.2) is 0 Å². The van der Waals surface area contributed by atoms with Crippen LogP contribution in [0.3, 0.4) is 0 Å². The highest BCUT2D eigenvalue weighted by Crippen LogP contribution is 2.21. The van der Waals surface area contributed by atoms with Crippen LogP contribution in [-0.2, 0) is 15.8 Å². The van der Waals surface area contributed by atoms with Crippen LogP contribution in [0.4, 0.5) is 0 Å². The van der Waals surface area contributed by atoms with Gasteiger partial charge in [-0.25, -0.2) is 8.42 Å². The number of carbonyl (C=O) groups excluding carboxylic acids is 1. The van der Waals surface area contributed by atoms with Gasteiger partial charge in [-0.15, -0.1) is 0 Å². The SMILES string of the molecule is CC[C@@H](NC(=O)c1ccc(CS(=O)(=O)N2CCN(C)CC2)cc1)c1ccc(OC)cc1. The molecule has 168 valence electrons. The Balaban J connectivity index is 1.62. The highest BCUT2D eigenvalue weighted by Gasteiger charge is 2.26. The maximum atomic E-state index is 12.7. The van der Waals surface area contributed by atoms with Gasteiger partial charge in [0.05, 0.1) is 18.9 Å². The van der Waals surface area contributed by atoms with Crippen LogP contribution in [0.25, 0.3) is 0 Å². The molecule has 1 N–H and O–H groups in total. The molecule has 0 bridgehead atoms. The molecular formula is C23H31N3O4S. The fourth-order valence-corrected chi connectivity index (χ4v) is 5.14. The topological polar surface area (TPSA) is 79.0 Å². The van der Waals surface area contributed by atoms with Crippen LogP contribution < -0.4 is 10.1 Å². The van der Waals surface area contributed by atoms with Crippen molar-refractivity contribution in [3.63, 3.8) is 0 Å². The molecule has 0 saturated carbocycles. The minimum Gasteiger partial charge on any atom is -0.497 e. The third-order valence-electron chi connectivity index (χ3n) is 5.65. The number of hydrogen-bond donors (Lipinski definition) is 1. The lowest BCUT2D eigenvalue weighted by Gasteiger charge is -2.31. The van der Waals surface area contributed by atoms with Crippen molar-refractivity contribution in [3.05, 3.63) is 65.2 Å². The molecule has 1 saturated heterocycles. The lowest BCUT2D eigenvalue weighted by atomic mass is 10.0. The van der Waals surface area contributed by atoms with E-state index in [0.29, 0.717) is 24.2 Å². The molecule has 1 aliphatic heterocycles. The summed E-state index contributed by atoms with van der Waals surface area (Å²) < 4.78 is 32.1. The van der Waals surface area contributed by atoms with Gasteiger partial charge in [-0.2, -0.15) is 4.31 Å². The number of nitrogens with one attached hydrogen (secondary N) is 1. The lowest BCUT2D eigenvalue weighted by molar-refractivity contribution is 0.0935. The van der Waals surface area contributed by atoms with Crippen LogP contribution in [0.2, 0.25) is 0 Å². The summed E-state index contributed by atoms with van der Waals surface area (Å²) in [6, 6.07) is 14.3. The van der Waals surface area contributed by atoms with Gasteiger partial charge in [0.2, 0.25) is 10.0 Å². The number of likely N-dealkylation sites (N-methyl/N-ethyl adjacent to an activating group) is 1. The number of carbonyl (C=O) groups is 1. The Morgan fingerprint density at radius 1 is 1.03 bits per heavy atom. The predicted octanol–water partition coefficient (Wildman–Crippen LogP) is 2.65. The second kappa shape index (κ2) is 10.3. The number of methoxy groups -OCH3 is 1. The number of piperazine rings is 1. The van der Waals surface area contributed by atoms with Crippen LogP contribution in [-0.4, -0.2) is 63.9 Å². The molecule has 0 spiro atoms. The van der Waals surface area contributed by atoms with E-state index in [1.54, 1.807) is 35.7 Å². The van der Waals surface area contributed by atoms with Crippen LogP contribution in [0.15, 0.2) is 48.5 Å². The van der Waals surface area contributed by atoms with Gasteiger partial charge in [-0.05, 0) is 48.9 Å². The smallest absolute Gasteiger partial charge is 0.251 e. The lowest BCUT2D eigenvalue weighted by Crippen LogP contribution is -2.47. The fraction of sp³-hybridized carbons (Fsp3) is 0.435. The number of amides is 1. The van der Waals surface area contributed by atoms with Crippen molar-refractivity contribution >= 4 is 15.9 Å². The Hall–Kier alpha value is -2.42. The molecule has 1 heterocycles. The predicted molar refractivity (Wildman–Crippen MR) is 122 cm³/mol. The maximum Gasteiger partial charge on any atom is 0.251 e. The summed E-state index contributed by atoms with van der Waals surface area (Å²) in [6.07, 6.45) is 0.749. The normalized spacial score (nSPS) is 16.6. The van der Waals surface area contributed by atoms with Gasteiger partial charge in [-0.3, -0.25) is 4.79 Å². The van der Waals surface area contributed by atoms with Crippen molar-refractivity contribution < 1.29 is 17.9 Å². The van der Waals surface area contributed by atoms with Crippen LogP contribution in [0.1, 0.15) is 40.9 Å². The Kier molecular flexibility index (Phi) is 7.69. The maximum absolute atomic E-state index is 12.7. The van der Waals surface area contributed by atoms with E-state index in [1.165, 1.54) is 0 Å². The number of benzene rings is 2. The first kappa shape index (κ1) is 23.2. The molecule has 0 aromatic heterocycles. The molecule has 1 aliphatic rings. The molecule has 1 atom stereocenters. The first-order valence-electron chi connectivity index (χ1n) is 10.5. The molecule has 7 nitrogen and oxygen atoms in total. The summed E-state index contributed by atoms with van der Waals surface area (Å²) in [5.41, 5.74) is 2.19. The van der Waals surface area contributed by atoms with Gasteiger partial charge in [0, 0.05) is 31.7 Å². The summed E-state index contributed by atoms with van der Waals surface area (Å²) in [5, 5.41) is 3.05. The van der Waals surface area contributed by atoms with Gasteiger partial charge in [0.1, 0.15) is 5.75 Å². The van der Waals surface area contributed by atoms with Crippen molar-refractivity contribution in [2.45, 2.75) is 25.1 Å². The monoisotopic (exact) mass is 445 g/mol. The van der Waals surface area contributed by atoms with E-state index >= 15 is 0 Å². The average Bonchev–Trinajstić information content (AvgIpc) is 2.78. The molecule has 2 aromatic rings. The van der Waals surface area contributed by atoms with Gasteiger partial charge in [0.25, 0.3) is 5.91 Å². The van der Waals surface area contributed by atoms with Crippen molar-refractivity contribution in [3.8, 4) is 5.75 Å².